The van der Waals surface area contributed by atoms with Gasteiger partial charge in [-0.2, -0.15) is 0 Å². The zero-order chi connectivity index (χ0) is 14.4. The number of hydrogen-bond donors (Lipinski definition) is 2. The highest BCUT2D eigenvalue weighted by Gasteiger charge is 2.15. The number of rotatable bonds is 6. The van der Waals surface area contributed by atoms with Gasteiger partial charge in [0.25, 0.3) is 5.91 Å². The standard InChI is InChI=1S/C12H18ClN3O2S/c1-4-14-11-5-9(10(13)6-15-11)12(17)16-8(2)7-19(3)18/h5-6,8H,4,7H2,1-3H3,(H,14,15)(H,16,17). The first-order valence-corrected chi connectivity index (χ1v) is 8.04. The summed E-state index contributed by atoms with van der Waals surface area (Å²) in [4.78, 5) is 16.1. The van der Waals surface area contributed by atoms with Crippen molar-refractivity contribution in [2.24, 2.45) is 0 Å². The molecule has 2 N–H and O–H groups in total. The summed E-state index contributed by atoms with van der Waals surface area (Å²) in [6, 6.07) is 1.43. The van der Waals surface area contributed by atoms with Crippen LogP contribution in [0.4, 0.5) is 5.82 Å². The number of nitrogens with one attached hydrogen (secondary N) is 2. The molecule has 0 aliphatic carbocycles. The van der Waals surface area contributed by atoms with Crippen molar-refractivity contribution >= 4 is 34.1 Å². The summed E-state index contributed by atoms with van der Waals surface area (Å²) >= 11 is 5.97. The molecule has 106 valence electrons. The summed E-state index contributed by atoms with van der Waals surface area (Å²) in [7, 11) is -0.954. The van der Waals surface area contributed by atoms with Gasteiger partial charge in [0.2, 0.25) is 0 Å². The molecule has 0 spiro atoms. The molecule has 0 aromatic carbocycles. The summed E-state index contributed by atoms with van der Waals surface area (Å²) in [5.74, 6) is 0.724. The third-order valence-electron chi connectivity index (χ3n) is 2.32. The zero-order valence-electron chi connectivity index (χ0n) is 11.2. The number of anilines is 1. The molecule has 0 aliphatic heterocycles. The molecule has 1 heterocycles. The molecule has 0 fully saturated rings. The second-order valence-corrected chi connectivity index (χ2v) is 6.08. The van der Waals surface area contributed by atoms with Crippen LogP contribution in [0.3, 0.4) is 0 Å². The monoisotopic (exact) mass is 303 g/mol. The Balaban J connectivity index is 2.80. The van der Waals surface area contributed by atoms with E-state index in [0.717, 1.165) is 0 Å². The van der Waals surface area contributed by atoms with E-state index < -0.39 is 10.8 Å². The number of nitrogens with zero attached hydrogens (tertiary/aromatic N) is 1. The van der Waals surface area contributed by atoms with Crippen molar-refractivity contribution in [3.8, 4) is 0 Å². The van der Waals surface area contributed by atoms with Crippen molar-refractivity contribution < 1.29 is 9.00 Å². The van der Waals surface area contributed by atoms with Crippen molar-refractivity contribution in [3.63, 3.8) is 0 Å². The lowest BCUT2D eigenvalue weighted by molar-refractivity contribution is 0.0944. The molecule has 0 saturated carbocycles. The third kappa shape index (κ3) is 5.16. The molecule has 1 aromatic rings. The van der Waals surface area contributed by atoms with E-state index in [1.807, 2.05) is 6.92 Å². The fourth-order valence-electron chi connectivity index (χ4n) is 1.59. The van der Waals surface area contributed by atoms with Gasteiger partial charge >= 0.3 is 0 Å². The highest BCUT2D eigenvalue weighted by atomic mass is 35.5. The Bertz CT molecular complexity index is 482. The van der Waals surface area contributed by atoms with E-state index in [0.29, 0.717) is 28.7 Å². The van der Waals surface area contributed by atoms with E-state index in [1.165, 1.54) is 6.20 Å². The van der Waals surface area contributed by atoms with Gasteiger partial charge in [0.1, 0.15) is 5.82 Å². The minimum Gasteiger partial charge on any atom is -0.370 e. The largest absolute Gasteiger partial charge is 0.370 e. The predicted octanol–water partition coefficient (Wildman–Crippen LogP) is 1.66. The Morgan fingerprint density at radius 3 is 2.84 bits per heavy atom. The lowest BCUT2D eigenvalue weighted by Crippen LogP contribution is -2.36. The van der Waals surface area contributed by atoms with Gasteiger partial charge in [0, 0.05) is 41.6 Å². The summed E-state index contributed by atoms with van der Waals surface area (Å²) < 4.78 is 11.1. The molecule has 7 heteroatoms. The Morgan fingerprint density at radius 1 is 1.58 bits per heavy atom. The fourth-order valence-corrected chi connectivity index (χ4v) is 2.56. The van der Waals surface area contributed by atoms with Gasteiger partial charge in [-0.3, -0.25) is 9.00 Å². The number of carbonyl (C=O) groups is 1. The van der Waals surface area contributed by atoms with Gasteiger partial charge in [0.05, 0.1) is 10.6 Å². The van der Waals surface area contributed by atoms with Crippen LogP contribution in [0.1, 0.15) is 24.2 Å². The van der Waals surface area contributed by atoms with E-state index in [2.05, 4.69) is 15.6 Å². The average Bonchev–Trinajstić information content (AvgIpc) is 2.30. The molecule has 1 amide bonds. The molecule has 0 bridgehead atoms. The van der Waals surface area contributed by atoms with Crippen LogP contribution in [0.15, 0.2) is 12.3 Å². The van der Waals surface area contributed by atoms with Gasteiger partial charge in [-0.1, -0.05) is 11.6 Å². The van der Waals surface area contributed by atoms with Crippen LogP contribution in [-0.2, 0) is 10.8 Å². The Morgan fingerprint density at radius 2 is 2.26 bits per heavy atom. The lowest BCUT2D eigenvalue weighted by Gasteiger charge is -2.13. The molecule has 2 unspecified atom stereocenters. The van der Waals surface area contributed by atoms with Crippen molar-refractivity contribution in [1.82, 2.24) is 10.3 Å². The topological polar surface area (TPSA) is 71.1 Å². The molecule has 5 nitrogen and oxygen atoms in total. The second kappa shape index (κ2) is 7.45. The van der Waals surface area contributed by atoms with Crippen molar-refractivity contribution in [1.29, 1.82) is 0 Å². The van der Waals surface area contributed by atoms with Gasteiger partial charge in [-0.25, -0.2) is 4.98 Å². The molecule has 19 heavy (non-hydrogen) atoms. The maximum absolute atomic E-state index is 12.1. The summed E-state index contributed by atoms with van der Waals surface area (Å²) in [6.45, 7) is 4.45. The summed E-state index contributed by atoms with van der Waals surface area (Å²) in [5.41, 5.74) is 0.362. The average molecular weight is 304 g/mol. The van der Waals surface area contributed by atoms with Crippen LogP contribution in [0.25, 0.3) is 0 Å². The van der Waals surface area contributed by atoms with Crippen molar-refractivity contribution in [2.75, 3.05) is 23.9 Å². The first-order valence-electron chi connectivity index (χ1n) is 5.94. The van der Waals surface area contributed by atoms with Crippen LogP contribution in [-0.4, -0.2) is 39.7 Å². The molecular weight excluding hydrogens is 286 g/mol. The number of aromatic nitrogens is 1. The molecule has 1 rings (SSSR count). The number of halogens is 1. The number of carbonyl (C=O) groups excluding carboxylic acids is 1. The third-order valence-corrected chi connectivity index (χ3v) is 3.59. The maximum Gasteiger partial charge on any atom is 0.253 e. The van der Waals surface area contributed by atoms with Crippen LogP contribution in [0, 0.1) is 0 Å². The van der Waals surface area contributed by atoms with E-state index in [9.17, 15) is 9.00 Å². The first-order chi connectivity index (χ1) is 8.93. The predicted molar refractivity (Wildman–Crippen MR) is 79.3 cm³/mol. The zero-order valence-corrected chi connectivity index (χ0v) is 12.8. The maximum atomic E-state index is 12.1. The van der Waals surface area contributed by atoms with Crippen LogP contribution >= 0.6 is 11.6 Å². The van der Waals surface area contributed by atoms with Crippen molar-refractivity contribution in [2.45, 2.75) is 19.9 Å². The number of hydrogen-bond acceptors (Lipinski definition) is 4. The molecule has 0 saturated heterocycles. The highest BCUT2D eigenvalue weighted by molar-refractivity contribution is 7.84. The highest BCUT2D eigenvalue weighted by Crippen LogP contribution is 2.18. The SMILES string of the molecule is CCNc1cc(C(=O)NC(C)CS(C)=O)c(Cl)cn1. The van der Waals surface area contributed by atoms with E-state index in [1.54, 1.807) is 19.2 Å². The van der Waals surface area contributed by atoms with Crippen LogP contribution in [0.5, 0.6) is 0 Å². The number of pyridine rings is 1. The molecule has 2 atom stereocenters. The second-order valence-electron chi connectivity index (χ2n) is 4.19. The lowest BCUT2D eigenvalue weighted by atomic mass is 10.2. The quantitative estimate of drug-likeness (QED) is 0.838. The normalized spacial score (nSPS) is 13.7. The molecular formula is C12H18ClN3O2S. The molecule has 1 aromatic heterocycles. The Hall–Kier alpha value is -1.14. The Kier molecular flexibility index (Phi) is 6.24. The van der Waals surface area contributed by atoms with E-state index in [-0.39, 0.29) is 11.9 Å². The minimum absolute atomic E-state index is 0.176. The van der Waals surface area contributed by atoms with E-state index >= 15 is 0 Å². The Labute approximate surface area is 120 Å². The van der Waals surface area contributed by atoms with Crippen LogP contribution in [0.2, 0.25) is 5.02 Å². The van der Waals surface area contributed by atoms with Crippen molar-refractivity contribution in [3.05, 3.63) is 22.8 Å². The van der Waals surface area contributed by atoms with E-state index in [4.69, 9.17) is 11.6 Å². The smallest absolute Gasteiger partial charge is 0.253 e. The number of amides is 1. The van der Waals surface area contributed by atoms with Gasteiger partial charge < -0.3 is 10.6 Å². The van der Waals surface area contributed by atoms with Crippen LogP contribution < -0.4 is 10.6 Å². The molecule has 0 radical (unpaired) electrons. The summed E-state index contributed by atoms with van der Waals surface area (Å²) in [5, 5.41) is 6.08. The van der Waals surface area contributed by atoms with Gasteiger partial charge in [-0.05, 0) is 19.9 Å². The minimum atomic E-state index is -0.954. The van der Waals surface area contributed by atoms with Gasteiger partial charge in [0.15, 0.2) is 0 Å². The summed E-state index contributed by atoms with van der Waals surface area (Å²) in [6.07, 6.45) is 3.04. The molecule has 0 aliphatic rings. The first kappa shape index (κ1) is 15.9. The van der Waals surface area contributed by atoms with Gasteiger partial charge in [-0.15, -0.1) is 0 Å². The fraction of sp³-hybridized carbons (Fsp3) is 0.500.